The molecule has 0 aliphatic rings. The lowest BCUT2D eigenvalue weighted by Gasteiger charge is -2.07. The summed E-state index contributed by atoms with van der Waals surface area (Å²) in [6.07, 6.45) is 0.885. The first-order valence-corrected chi connectivity index (χ1v) is 6.33. The van der Waals surface area contributed by atoms with Crippen LogP contribution in [0.15, 0.2) is 35.7 Å². The van der Waals surface area contributed by atoms with Crippen LogP contribution in [-0.2, 0) is 6.42 Å². The van der Waals surface area contributed by atoms with Crippen molar-refractivity contribution >= 4 is 11.3 Å². The Kier molecular flexibility index (Phi) is 3.79. The van der Waals surface area contributed by atoms with Gasteiger partial charge in [-0.25, -0.2) is 0 Å². The second kappa shape index (κ2) is 5.51. The summed E-state index contributed by atoms with van der Waals surface area (Å²) in [6.45, 7) is 2.58. The second-order valence-corrected chi connectivity index (χ2v) is 4.82. The van der Waals surface area contributed by atoms with E-state index in [2.05, 4.69) is 17.5 Å². The molecule has 1 aromatic heterocycles. The van der Waals surface area contributed by atoms with Gasteiger partial charge in [0.15, 0.2) is 0 Å². The molecule has 0 bridgehead atoms. The van der Waals surface area contributed by atoms with Crippen LogP contribution in [0.3, 0.4) is 0 Å². The fourth-order valence-electron chi connectivity index (χ4n) is 1.57. The van der Waals surface area contributed by atoms with E-state index in [9.17, 15) is 0 Å². The van der Waals surface area contributed by atoms with Gasteiger partial charge in [-0.05, 0) is 36.1 Å². The normalized spacial score (nSPS) is 9.88. The Balaban J connectivity index is 1.97. The van der Waals surface area contributed by atoms with E-state index in [0.29, 0.717) is 17.9 Å². The number of hydrogen-bond donors (Lipinski definition) is 0. The summed E-state index contributed by atoms with van der Waals surface area (Å²) in [6, 6.07) is 12.0. The number of nitriles is 1. The molecule has 3 heteroatoms. The van der Waals surface area contributed by atoms with Gasteiger partial charge in [0, 0.05) is 11.3 Å². The van der Waals surface area contributed by atoms with Gasteiger partial charge in [0.25, 0.3) is 0 Å². The Hall–Kier alpha value is -1.79. The van der Waals surface area contributed by atoms with Crippen LogP contribution in [-0.4, -0.2) is 6.61 Å². The van der Waals surface area contributed by atoms with Crippen LogP contribution in [0, 0.1) is 18.3 Å². The van der Waals surface area contributed by atoms with Crippen molar-refractivity contribution in [1.82, 2.24) is 0 Å². The van der Waals surface area contributed by atoms with Crippen LogP contribution in [0.2, 0.25) is 0 Å². The molecule has 0 aliphatic heterocycles. The summed E-state index contributed by atoms with van der Waals surface area (Å²) < 4.78 is 5.64. The molecule has 0 atom stereocenters. The van der Waals surface area contributed by atoms with Crippen molar-refractivity contribution in [2.75, 3.05) is 6.61 Å². The lowest BCUT2D eigenvalue weighted by Crippen LogP contribution is -2.01. The quantitative estimate of drug-likeness (QED) is 0.822. The Labute approximate surface area is 105 Å². The first kappa shape index (κ1) is 11.7. The molecule has 0 radical (unpaired) electrons. The lowest BCUT2D eigenvalue weighted by atomic mass is 10.1. The first-order chi connectivity index (χ1) is 8.29. The minimum absolute atomic E-state index is 0.608. The third kappa shape index (κ3) is 3.08. The minimum Gasteiger partial charge on any atom is -0.492 e. The Morgan fingerprint density at radius 1 is 1.35 bits per heavy atom. The molecule has 1 aromatic carbocycles. The van der Waals surface area contributed by atoms with Crippen LogP contribution in [0.4, 0.5) is 0 Å². The first-order valence-electron chi connectivity index (χ1n) is 5.45. The van der Waals surface area contributed by atoms with Crippen molar-refractivity contribution in [2.24, 2.45) is 0 Å². The number of nitrogens with zero attached hydrogens (tertiary/aromatic N) is 1. The van der Waals surface area contributed by atoms with Gasteiger partial charge in [0.1, 0.15) is 11.8 Å². The van der Waals surface area contributed by atoms with Gasteiger partial charge in [-0.15, -0.1) is 11.3 Å². The molecule has 0 saturated carbocycles. The molecule has 0 fully saturated rings. The molecule has 0 aliphatic carbocycles. The average Bonchev–Trinajstić information content (AvgIpc) is 2.84. The summed E-state index contributed by atoms with van der Waals surface area (Å²) in [5.41, 5.74) is 1.68. The van der Waals surface area contributed by atoms with Crippen LogP contribution < -0.4 is 4.74 Å². The summed E-state index contributed by atoms with van der Waals surface area (Å²) in [5, 5.41) is 11.1. The summed E-state index contributed by atoms with van der Waals surface area (Å²) in [5.74, 6) is 0.676. The van der Waals surface area contributed by atoms with Gasteiger partial charge in [0.2, 0.25) is 0 Å². The standard InChI is InChI=1S/C14H13NOS/c1-11-4-5-14(12(9-11)10-15)16-7-6-13-3-2-8-17-13/h2-5,8-9H,6-7H2,1H3. The van der Waals surface area contributed by atoms with E-state index in [-0.39, 0.29) is 0 Å². The fourth-order valence-corrected chi connectivity index (χ4v) is 2.26. The molecule has 0 saturated heterocycles. The highest BCUT2D eigenvalue weighted by atomic mass is 32.1. The van der Waals surface area contributed by atoms with E-state index in [1.54, 1.807) is 11.3 Å². The second-order valence-electron chi connectivity index (χ2n) is 3.79. The van der Waals surface area contributed by atoms with Crippen molar-refractivity contribution in [3.63, 3.8) is 0 Å². The van der Waals surface area contributed by atoms with Crippen LogP contribution in [0.5, 0.6) is 5.75 Å². The predicted molar refractivity (Wildman–Crippen MR) is 69.4 cm³/mol. The monoisotopic (exact) mass is 243 g/mol. The maximum atomic E-state index is 9.00. The average molecular weight is 243 g/mol. The SMILES string of the molecule is Cc1ccc(OCCc2cccs2)c(C#N)c1. The zero-order valence-electron chi connectivity index (χ0n) is 9.64. The number of rotatable bonds is 4. The number of benzene rings is 1. The molecule has 0 N–H and O–H groups in total. The fraction of sp³-hybridized carbons (Fsp3) is 0.214. The van der Waals surface area contributed by atoms with E-state index in [1.165, 1.54) is 4.88 Å². The highest BCUT2D eigenvalue weighted by Gasteiger charge is 2.03. The van der Waals surface area contributed by atoms with Gasteiger partial charge in [-0.2, -0.15) is 5.26 Å². The Bertz CT molecular complexity index is 526. The van der Waals surface area contributed by atoms with Gasteiger partial charge in [-0.1, -0.05) is 12.1 Å². The maximum absolute atomic E-state index is 9.00. The minimum atomic E-state index is 0.608. The Morgan fingerprint density at radius 3 is 2.94 bits per heavy atom. The van der Waals surface area contributed by atoms with E-state index in [1.807, 2.05) is 31.2 Å². The number of aryl methyl sites for hydroxylation is 1. The van der Waals surface area contributed by atoms with E-state index < -0.39 is 0 Å². The van der Waals surface area contributed by atoms with Crippen LogP contribution >= 0.6 is 11.3 Å². The Morgan fingerprint density at radius 2 is 2.24 bits per heavy atom. The predicted octanol–water partition coefficient (Wildman–Crippen LogP) is 3.55. The summed E-state index contributed by atoms with van der Waals surface area (Å²) in [4.78, 5) is 1.30. The van der Waals surface area contributed by atoms with Crippen LogP contribution in [0.25, 0.3) is 0 Å². The highest BCUT2D eigenvalue weighted by molar-refractivity contribution is 7.09. The third-order valence-electron chi connectivity index (χ3n) is 2.44. The molecular weight excluding hydrogens is 230 g/mol. The summed E-state index contributed by atoms with van der Waals surface area (Å²) in [7, 11) is 0. The molecular formula is C14H13NOS. The molecule has 2 aromatic rings. The zero-order valence-corrected chi connectivity index (χ0v) is 10.5. The molecule has 2 rings (SSSR count). The molecule has 1 heterocycles. The van der Waals surface area contributed by atoms with Crippen molar-refractivity contribution in [2.45, 2.75) is 13.3 Å². The number of thiophene rings is 1. The third-order valence-corrected chi connectivity index (χ3v) is 3.38. The topological polar surface area (TPSA) is 33.0 Å². The molecule has 0 spiro atoms. The van der Waals surface area contributed by atoms with Crippen LogP contribution in [0.1, 0.15) is 16.0 Å². The van der Waals surface area contributed by atoms with Crippen molar-refractivity contribution < 1.29 is 4.74 Å². The van der Waals surface area contributed by atoms with Gasteiger partial charge in [0.05, 0.1) is 12.2 Å². The van der Waals surface area contributed by atoms with E-state index in [0.717, 1.165) is 12.0 Å². The largest absolute Gasteiger partial charge is 0.492 e. The number of ether oxygens (including phenoxy) is 1. The lowest BCUT2D eigenvalue weighted by molar-refractivity contribution is 0.322. The van der Waals surface area contributed by atoms with Gasteiger partial charge in [-0.3, -0.25) is 0 Å². The highest BCUT2D eigenvalue weighted by Crippen LogP contribution is 2.19. The van der Waals surface area contributed by atoms with Crippen molar-refractivity contribution in [3.05, 3.63) is 51.7 Å². The van der Waals surface area contributed by atoms with Crippen molar-refractivity contribution in [3.8, 4) is 11.8 Å². The van der Waals surface area contributed by atoms with E-state index in [4.69, 9.17) is 10.00 Å². The molecule has 0 amide bonds. The maximum Gasteiger partial charge on any atom is 0.137 e. The molecule has 0 unspecified atom stereocenters. The van der Waals surface area contributed by atoms with Gasteiger partial charge < -0.3 is 4.74 Å². The van der Waals surface area contributed by atoms with Crippen molar-refractivity contribution in [1.29, 1.82) is 5.26 Å². The van der Waals surface area contributed by atoms with E-state index >= 15 is 0 Å². The zero-order chi connectivity index (χ0) is 12.1. The smallest absolute Gasteiger partial charge is 0.137 e. The summed E-state index contributed by atoms with van der Waals surface area (Å²) >= 11 is 1.73. The molecule has 2 nitrogen and oxygen atoms in total. The molecule has 17 heavy (non-hydrogen) atoms. The number of hydrogen-bond acceptors (Lipinski definition) is 3. The van der Waals surface area contributed by atoms with Gasteiger partial charge >= 0.3 is 0 Å². The molecule has 86 valence electrons.